The van der Waals surface area contributed by atoms with Gasteiger partial charge in [0.05, 0.1) is 23.7 Å². The first-order chi connectivity index (χ1) is 30.9. The molecule has 5 heterocycles. The Kier molecular flexibility index (Phi) is 15.3. The van der Waals surface area contributed by atoms with Gasteiger partial charge in [-0.15, -0.1) is 0 Å². The number of aliphatic hydroxyl groups is 1. The molecule has 0 aromatic carbocycles. The normalized spacial score (nSPS) is 38.5. The first kappa shape index (κ1) is 52.8. The van der Waals surface area contributed by atoms with Crippen LogP contribution in [0.2, 0.25) is 0 Å². The third-order valence-electron chi connectivity index (χ3n) is 17.2. The fourth-order valence-corrected chi connectivity index (χ4v) is 13.4. The molecule has 374 valence electrons. The van der Waals surface area contributed by atoms with E-state index in [1.165, 1.54) is 0 Å². The van der Waals surface area contributed by atoms with Gasteiger partial charge in [0.1, 0.15) is 0 Å². The lowest BCUT2D eigenvalue weighted by Crippen LogP contribution is -2.64. The number of carbonyl (C=O) groups is 7. The van der Waals surface area contributed by atoms with Crippen LogP contribution in [0.25, 0.3) is 0 Å². The maximum Gasteiger partial charge on any atom is 0.220 e. The zero-order valence-electron chi connectivity index (χ0n) is 41.0. The molecule has 4 saturated heterocycles. The highest BCUT2D eigenvalue weighted by molar-refractivity contribution is 5.78. The van der Waals surface area contributed by atoms with Crippen LogP contribution in [0.15, 0.2) is 34.3 Å². The number of amides is 7. The number of hydrogen-bond acceptors (Lipinski definition) is 12. The summed E-state index contributed by atoms with van der Waals surface area (Å²) < 4.78 is 0. The molecule has 4 fully saturated rings. The van der Waals surface area contributed by atoms with E-state index in [-0.39, 0.29) is 82.2 Å². The average Bonchev–Trinajstić information content (AvgIpc) is 3.80. The Morgan fingerprint density at radius 3 is 1.73 bits per heavy atom. The Morgan fingerprint density at radius 1 is 0.672 bits per heavy atom. The van der Waals surface area contributed by atoms with Crippen molar-refractivity contribution in [2.24, 2.45) is 79.7 Å². The van der Waals surface area contributed by atoms with Gasteiger partial charge in [0, 0.05) is 109 Å². The van der Waals surface area contributed by atoms with Crippen molar-refractivity contribution in [3.05, 3.63) is 34.3 Å². The molecule has 0 saturated carbocycles. The molecular formula is C48H79N11O8. The molecule has 5 aliphatic heterocycles. The lowest BCUT2D eigenvalue weighted by atomic mass is 9.56. The van der Waals surface area contributed by atoms with E-state index >= 15 is 0 Å². The number of nitrogens with one attached hydrogen (secondary N) is 5. The predicted octanol–water partition coefficient (Wildman–Crippen LogP) is 0.288. The van der Waals surface area contributed by atoms with Crippen molar-refractivity contribution < 1.29 is 38.7 Å². The summed E-state index contributed by atoms with van der Waals surface area (Å²) in [6.07, 6.45) is 2.26. The van der Waals surface area contributed by atoms with Gasteiger partial charge in [0.15, 0.2) is 0 Å². The Morgan fingerprint density at radius 2 is 1.21 bits per heavy atom. The number of fused-ring (bicyclic) bond motifs is 9. The topological polar surface area (TPSA) is 356 Å². The summed E-state index contributed by atoms with van der Waals surface area (Å²) in [6.45, 7) is 17.8. The van der Waals surface area contributed by atoms with Gasteiger partial charge in [0.2, 0.25) is 41.4 Å². The first-order valence-electron chi connectivity index (χ1n) is 23.8. The van der Waals surface area contributed by atoms with Crippen LogP contribution in [-0.2, 0) is 33.6 Å². The van der Waals surface area contributed by atoms with Crippen LogP contribution in [0.1, 0.15) is 133 Å². The van der Waals surface area contributed by atoms with Gasteiger partial charge in [-0.05, 0) is 87.3 Å². The smallest absolute Gasteiger partial charge is 0.220 e. The van der Waals surface area contributed by atoms with Crippen LogP contribution in [-0.4, -0.2) is 88.8 Å². The third-order valence-corrected chi connectivity index (χ3v) is 17.2. The molecule has 0 aromatic rings. The highest BCUT2D eigenvalue weighted by Crippen LogP contribution is 2.62. The number of carbonyl (C=O) groups excluding carboxylic acids is 7. The van der Waals surface area contributed by atoms with Crippen molar-refractivity contribution in [3.63, 3.8) is 0 Å². The van der Waals surface area contributed by atoms with Crippen LogP contribution in [0, 0.1) is 45.3 Å². The molecule has 5 aliphatic rings. The zero-order chi connectivity index (χ0) is 50.4. The van der Waals surface area contributed by atoms with Crippen LogP contribution in [0.5, 0.6) is 0 Å². The minimum atomic E-state index is -1.16. The molecule has 0 spiro atoms. The van der Waals surface area contributed by atoms with E-state index in [0.717, 1.165) is 22.5 Å². The lowest BCUT2D eigenvalue weighted by Gasteiger charge is -2.49. The molecule has 0 aliphatic carbocycles. The van der Waals surface area contributed by atoms with Crippen molar-refractivity contribution in [1.29, 1.82) is 0 Å². The van der Waals surface area contributed by atoms with Gasteiger partial charge in [0.25, 0.3) is 0 Å². The zero-order valence-corrected chi connectivity index (χ0v) is 41.0. The summed E-state index contributed by atoms with van der Waals surface area (Å²) in [5.74, 6) is -5.39. The van der Waals surface area contributed by atoms with Crippen molar-refractivity contribution in [3.8, 4) is 0 Å². The molecule has 19 heteroatoms. The number of rotatable bonds is 20. The fraction of sp³-hybridized carbons (Fsp3) is 0.729. The number of aliphatic hydroxyl groups excluding tert-OH is 1. The molecular weight excluding hydrogens is 859 g/mol. The molecule has 7 amide bonds. The SMILES string of the molecule is C/C1=C2/N[C@@](C)([C@@H]3NC(/C(C)=C4/NC(/C=C5\NC1[C@@](C)(CC(N)=O)[C@@H]5CCC(N)=O)C(C)(C)[C@@H]4CCC(N)=O)[C@](C)(CCC(=O)NC[C@@H](C)O)[C@H]3CC(N)=O)[C@@](C)(CC(N)=O)[C@@H]2CCC(N)=O. The van der Waals surface area contributed by atoms with E-state index in [9.17, 15) is 38.7 Å². The molecule has 19 nitrogen and oxygen atoms in total. The van der Waals surface area contributed by atoms with Crippen LogP contribution in [0.3, 0.4) is 0 Å². The summed E-state index contributed by atoms with van der Waals surface area (Å²) in [4.78, 5) is 91.6. The summed E-state index contributed by atoms with van der Waals surface area (Å²) >= 11 is 0. The van der Waals surface area contributed by atoms with Crippen LogP contribution < -0.4 is 61.0 Å². The second kappa shape index (κ2) is 19.4. The van der Waals surface area contributed by atoms with Crippen molar-refractivity contribution in [2.75, 3.05) is 6.54 Å². The third kappa shape index (κ3) is 10.0. The van der Waals surface area contributed by atoms with Gasteiger partial charge in [-0.1, -0.05) is 34.6 Å². The maximum atomic E-state index is 13.5. The largest absolute Gasteiger partial charge is 0.392 e. The summed E-state index contributed by atoms with van der Waals surface area (Å²) in [7, 11) is 0. The van der Waals surface area contributed by atoms with E-state index < -0.39 is 105 Å². The standard InChI is InChI=1S/C48H79N11O8/c1-23(60)22-55-38(67)16-17-45(6)29(18-35(52)64)43-48(9)47(8,21-37(54)66)28(12-15-34(51)63)40(59-48)25(3)42-46(7,20-36(53)65)26(10-13-32(49)61)30(56-42)19-31-44(4,5)27(11-14-33(50)62)39(57-31)24(2)41(45)58-43/h19,23,26-29,31,41-43,56-60H,10-18,20-22H2,1-9H3,(H2,49,61)(H2,50,62)(H2,51,63)(H2,52,64)(H2,53,65)(H2,54,66)(H,55,67)/b30-19-,39-24+,40-25-/t23-,26-,27-,28-,29+,31?,41?,42?,43-,45-,46+,47+,48+/m1/s1. The van der Waals surface area contributed by atoms with Gasteiger partial charge in [-0.3, -0.25) is 33.6 Å². The molecule has 8 bridgehead atoms. The summed E-state index contributed by atoms with van der Waals surface area (Å²) in [5.41, 5.74) is 35.3. The summed E-state index contributed by atoms with van der Waals surface area (Å²) in [6, 6.07) is -2.18. The minimum absolute atomic E-state index is 0.0213. The van der Waals surface area contributed by atoms with Gasteiger partial charge >= 0.3 is 0 Å². The fourth-order valence-electron chi connectivity index (χ4n) is 13.4. The van der Waals surface area contributed by atoms with Gasteiger partial charge in [-0.2, -0.15) is 0 Å². The Labute approximate surface area is 395 Å². The quantitative estimate of drug-likeness (QED) is 0.0784. The van der Waals surface area contributed by atoms with Crippen LogP contribution >= 0.6 is 0 Å². The Bertz CT molecular complexity index is 2120. The van der Waals surface area contributed by atoms with E-state index in [4.69, 9.17) is 34.4 Å². The van der Waals surface area contributed by atoms with Crippen molar-refractivity contribution >= 4 is 41.4 Å². The maximum absolute atomic E-state index is 13.5. The molecule has 0 aromatic heterocycles. The molecule has 5 rings (SSSR count). The highest BCUT2D eigenvalue weighted by Gasteiger charge is 2.68. The lowest BCUT2D eigenvalue weighted by molar-refractivity contribution is -0.124. The second-order valence-corrected chi connectivity index (χ2v) is 22.1. The minimum Gasteiger partial charge on any atom is -0.392 e. The first-order valence-corrected chi connectivity index (χ1v) is 23.8. The number of primary amides is 6. The monoisotopic (exact) mass is 938 g/mol. The van der Waals surface area contributed by atoms with Crippen molar-refractivity contribution in [2.45, 2.75) is 169 Å². The van der Waals surface area contributed by atoms with Crippen molar-refractivity contribution in [1.82, 2.24) is 26.6 Å². The molecule has 67 heavy (non-hydrogen) atoms. The molecule has 3 unspecified atom stereocenters. The van der Waals surface area contributed by atoms with E-state index in [2.05, 4.69) is 46.5 Å². The highest BCUT2D eigenvalue weighted by atomic mass is 16.3. The van der Waals surface area contributed by atoms with Crippen LogP contribution in [0.4, 0.5) is 0 Å². The number of hydrogen-bond donors (Lipinski definition) is 12. The van der Waals surface area contributed by atoms with Gasteiger partial charge in [-0.25, -0.2) is 0 Å². The van der Waals surface area contributed by atoms with E-state index in [1.807, 2.05) is 41.5 Å². The van der Waals surface area contributed by atoms with Gasteiger partial charge < -0.3 is 66.1 Å². The second-order valence-electron chi connectivity index (χ2n) is 22.1. The summed E-state index contributed by atoms with van der Waals surface area (Å²) in [5, 5.41) is 28.4. The van der Waals surface area contributed by atoms with E-state index in [1.54, 1.807) is 6.92 Å². The molecule has 18 N–H and O–H groups in total. The predicted molar refractivity (Wildman–Crippen MR) is 252 cm³/mol. The Balaban J connectivity index is 1.94. The molecule has 0 radical (unpaired) electrons. The van der Waals surface area contributed by atoms with E-state index in [0.29, 0.717) is 18.5 Å². The molecule has 13 atom stereocenters. The number of nitrogens with two attached hydrogens (primary N) is 6. The Hall–Kier alpha value is -5.17. The average molecular weight is 938 g/mol. The number of allylic oxidation sites excluding steroid dienone is 3.